The van der Waals surface area contributed by atoms with E-state index in [4.69, 9.17) is 20.8 Å². The molecule has 1 aromatic heterocycles. The molecule has 1 atom stereocenters. The minimum absolute atomic E-state index is 0.0844. The first kappa shape index (κ1) is 21.1. The second kappa shape index (κ2) is 10.3. The summed E-state index contributed by atoms with van der Waals surface area (Å²) >= 11 is 6.08. The first-order chi connectivity index (χ1) is 15.2. The van der Waals surface area contributed by atoms with E-state index in [1.54, 1.807) is 6.08 Å². The molecule has 6 nitrogen and oxygen atoms in total. The smallest absolute Gasteiger partial charge is 0.232 e. The zero-order valence-corrected chi connectivity index (χ0v) is 17.8. The minimum atomic E-state index is 0.0844. The Kier molecular flexibility index (Phi) is 7.00. The maximum absolute atomic E-state index is 9.50. The third kappa shape index (κ3) is 5.53. The van der Waals surface area contributed by atoms with Gasteiger partial charge in [0.1, 0.15) is 6.07 Å². The highest BCUT2D eigenvalue weighted by Gasteiger charge is 2.24. The SMILES string of the molecule is N#Cc1nc(/C=C/c2ccccc2)oc1NCC(c1ccc(Cl)cc1)N1CCOCC1. The average Bonchev–Trinajstić information content (AvgIpc) is 3.22. The van der Waals surface area contributed by atoms with Crippen LogP contribution >= 0.6 is 11.6 Å². The Balaban J connectivity index is 1.51. The predicted octanol–water partition coefficient (Wildman–Crippen LogP) is 4.86. The normalized spacial score (nSPS) is 15.6. The summed E-state index contributed by atoms with van der Waals surface area (Å²) in [7, 11) is 0. The first-order valence-corrected chi connectivity index (χ1v) is 10.6. The zero-order chi connectivity index (χ0) is 21.5. The van der Waals surface area contributed by atoms with Gasteiger partial charge in [0.2, 0.25) is 17.5 Å². The topological polar surface area (TPSA) is 74.3 Å². The first-order valence-electron chi connectivity index (χ1n) is 10.2. The maximum Gasteiger partial charge on any atom is 0.232 e. The lowest BCUT2D eigenvalue weighted by atomic mass is 10.0. The largest absolute Gasteiger partial charge is 0.420 e. The molecule has 0 spiro atoms. The lowest BCUT2D eigenvalue weighted by molar-refractivity contribution is 0.0186. The summed E-state index contributed by atoms with van der Waals surface area (Å²) in [6.07, 6.45) is 3.67. The molecular formula is C24H23ClN4O2. The Morgan fingerprint density at radius 1 is 1.10 bits per heavy atom. The summed E-state index contributed by atoms with van der Waals surface area (Å²) in [4.78, 5) is 6.65. The van der Waals surface area contributed by atoms with Crippen LogP contribution in [0.15, 0.2) is 59.0 Å². The van der Waals surface area contributed by atoms with Crippen LogP contribution in [0.3, 0.4) is 0 Å². The zero-order valence-electron chi connectivity index (χ0n) is 17.0. The van der Waals surface area contributed by atoms with Crippen LogP contribution < -0.4 is 5.32 Å². The number of aromatic nitrogens is 1. The maximum atomic E-state index is 9.50. The Morgan fingerprint density at radius 3 is 2.55 bits per heavy atom. The highest BCUT2D eigenvalue weighted by molar-refractivity contribution is 6.30. The van der Waals surface area contributed by atoms with Crippen LogP contribution in [0.25, 0.3) is 12.2 Å². The predicted molar refractivity (Wildman–Crippen MR) is 122 cm³/mol. The van der Waals surface area contributed by atoms with Crippen molar-refractivity contribution in [1.82, 2.24) is 9.88 Å². The van der Waals surface area contributed by atoms with Crippen LogP contribution in [0.2, 0.25) is 5.02 Å². The van der Waals surface area contributed by atoms with Crippen LogP contribution in [0.5, 0.6) is 0 Å². The standard InChI is InChI=1S/C24H23ClN4O2/c25-20-9-7-19(8-10-20)22(29-12-14-30-15-13-29)17-27-24-21(16-26)28-23(31-24)11-6-18-4-2-1-3-5-18/h1-11,22,27H,12-15,17H2/b11-6+. The number of nitriles is 1. The van der Waals surface area contributed by atoms with Gasteiger partial charge in [-0.3, -0.25) is 4.90 Å². The van der Waals surface area contributed by atoms with Crippen LogP contribution in [0.1, 0.15) is 28.8 Å². The molecule has 2 aromatic carbocycles. The van der Waals surface area contributed by atoms with Gasteiger partial charge in [0.25, 0.3) is 0 Å². The molecule has 1 unspecified atom stereocenters. The number of nitrogens with one attached hydrogen (secondary N) is 1. The highest BCUT2D eigenvalue weighted by atomic mass is 35.5. The number of rotatable bonds is 7. The number of hydrogen-bond donors (Lipinski definition) is 1. The van der Waals surface area contributed by atoms with E-state index in [2.05, 4.69) is 21.3 Å². The lowest BCUT2D eigenvalue weighted by Crippen LogP contribution is -2.41. The number of oxazole rings is 1. The van der Waals surface area contributed by atoms with Crippen molar-refractivity contribution in [3.63, 3.8) is 0 Å². The van der Waals surface area contributed by atoms with E-state index >= 15 is 0 Å². The molecule has 0 saturated carbocycles. The molecule has 31 heavy (non-hydrogen) atoms. The van der Waals surface area contributed by atoms with E-state index in [1.165, 1.54) is 0 Å². The van der Waals surface area contributed by atoms with Crippen molar-refractivity contribution >= 4 is 29.6 Å². The van der Waals surface area contributed by atoms with Crippen LogP contribution in [-0.2, 0) is 4.74 Å². The van der Waals surface area contributed by atoms with Gasteiger partial charge in [-0.05, 0) is 29.3 Å². The quantitative estimate of drug-likeness (QED) is 0.572. The van der Waals surface area contributed by atoms with Gasteiger partial charge >= 0.3 is 0 Å². The Hall–Kier alpha value is -3.11. The van der Waals surface area contributed by atoms with Crippen LogP contribution in [0, 0.1) is 11.3 Å². The van der Waals surface area contributed by atoms with Crippen molar-refractivity contribution in [2.24, 2.45) is 0 Å². The van der Waals surface area contributed by atoms with E-state index in [1.807, 2.05) is 60.7 Å². The molecule has 0 amide bonds. The fourth-order valence-corrected chi connectivity index (χ4v) is 3.68. The number of nitrogens with zero attached hydrogens (tertiary/aromatic N) is 3. The molecule has 2 heterocycles. The van der Waals surface area contributed by atoms with Crippen LogP contribution in [-0.4, -0.2) is 42.7 Å². The third-order valence-electron chi connectivity index (χ3n) is 5.16. The average molecular weight is 435 g/mol. The summed E-state index contributed by atoms with van der Waals surface area (Å²) < 4.78 is 11.3. The van der Waals surface area contributed by atoms with Gasteiger partial charge in [-0.25, -0.2) is 0 Å². The summed E-state index contributed by atoms with van der Waals surface area (Å²) in [5, 5.41) is 13.5. The monoisotopic (exact) mass is 434 g/mol. The fraction of sp³-hybridized carbons (Fsp3) is 0.250. The highest BCUT2D eigenvalue weighted by Crippen LogP contribution is 2.26. The molecule has 4 rings (SSSR count). The van der Waals surface area contributed by atoms with Gasteiger partial charge in [0.05, 0.1) is 19.3 Å². The van der Waals surface area contributed by atoms with E-state index < -0.39 is 0 Å². The molecule has 7 heteroatoms. The van der Waals surface area contributed by atoms with Gasteiger partial charge in [0.15, 0.2) is 0 Å². The van der Waals surface area contributed by atoms with Gasteiger partial charge in [-0.15, -0.1) is 0 Å². The number of hydrogen-bond acceptors (Lipinski definition) is 6. The molecular weight excluding hydrogens is 412 g/mol. The Bertz CT molecular complexity index is 1050. The molecule has 1 fully saturated rings. The number of halogens is 1. The van der Waals surface area contributed by atoms with E-state index in [9.17, 15) is 5.26 Å². The van der Waals surface area contributed by atoms with Crippen molar-refractivity contribution in [3.8, 4) is 6.07 Å². The van der Waals surface area contributed by atoms with Gasteiger partial charge < -0.3 is 14.5 Å². The van der Waals surface area contributed by atoms with Gasteiger partial charge in [0, 0.05) is 30.7 Å². The van der Waals surface area contributed by atoms with Crippen LogP contribution in [0.4, 0.5) is 5.88 Å². The summed E-state index contributed by atoms with van der Waals surface area (Å²) in [6.45, 7) is 3.63. The van der Waals surface area contributed by atoms with Crippen molar-refractivity contribution in [2.45, 2.75) is 6.04 Å². The number of morpholine rings is 1. The molecule has 0 bridgehead atoms. The van der Waals surface area contributed by atoms with Gasteiger partial charge in [-0.2, -0.15) is 10.2 Å². The van der Waals surface area contributed by atoms with Crippen molar-refractivity contribution in [1.29, 1.82) is 5.26 Å². The Labute approximate surface area is 186 Å². The van der Waals surface area contributed by atoms with E-state index in [0.29, 0.717) is 36.6 Å². The van der Waals surface area contributed by atoms with E-state index in [0.717, 1.165) is 24.2 Å². The molecule has 158 valence electrons. The number of ether oxygens (including phenoxy) is 1. The number of anilines is 1. The minimum Gasteiger partial charge on any atom is -0.420 e. The van der Waals surface area contributed by atoms with Crippen molar-refractivity contribution in [2.75, 3.05) is 38.2 Å². The van der Waals surface area contributed by atoms with Gasteiger partial charge in [-0.1, -0.05) is 54.1 Å². The summed E-state index contributed by atoms with van der Waals surface area (Å²) in [6, 6.07) is 19.9. The van der Waals surface area contributed by atoms with Crippen molar-refractivity contribution in [3.05, 3.63) is 82.3 Å². The number of benzene rings is 2. The molecule has 1 aliphatic heterocycles. The lowest BCUT2D eigenvalue weighted by Gasteiger charge is -2.34. The van der Waals surface area contributed by atoms with E-state index in [-0.39, 0.29) is 11.7 Å². The molecule has 0 radical (unpaired) electrons. The molecule has 1 aliphatic rings. The molecule has 1 saturated heterocycles. The summed E-state index contributed by atoms with van der Waals surface area (Å²) in [5.74, 6) is 0.764. The van der Waals surface area contributed by atoms with Crippen molar-refractivity contribution < 1.29 is 9.15 Å². The Morgan fingerprint density at radius 2 is 1.84 bits per heavy atom. The third-order valence-corrected chi connectivity index (χ3v) is 5.42. The summed E-state index contributed by atoms with van der Waals surface area (Å²) in [5.41, 5.74) is 2.41. The molecule has 1 N–H and O–H groups in total. The fourth-order valence-electron chi connectivity index (χ4n) is 3.56. The second-order valence-electron chi connectivity index (χ2n) is 7.18. The molecule has 3 aromatic rings. The second-order valence-corrected chi connectivity index (χ2v) is 7.62. The molecule has 0 aliphatic carbocycles.